The molecule has 3 heterocycles. The van der Waals surface area contributed by atoms with Crippen LogP contribution in [0, 0.1) is 18.3 Å². The molecule has 1 saturated heterocycles. The summed E-state index contributed by atoms with van der Waals surface area (Å²) in [6.45, 7) is 9.37. The zero-order valence-corrected chi connectivity index (χ0v) is 24.1. The topological polar surface area (TPSA) is 114 Å². The number of imidazole rings is 1. The zero-order valence-electron chi connectivity index (χ0n) is 24.1. The number of Topliss-reactive ketones (excluding diaryl/α,β-unsaturated/α-hetero) is 1. The molecule has 2 aliphatic rings. The van der Waals surface area contributed by atoms with Gasteiger partial charge in [0.2, 0.25) is 5.91 Å². The summed E-state index contributed by atoms with van der Waals surface area (Å²) in [6.07, 6.45) is 11.9. The lowest BCUT2D eigenvalue weighted by Gasteiger charge is -2.37. The van der Waals surface area contributed by atoms with Gasteiger partial charge in [-0.15, -0.1) is 0 Å². The Morgan fingerprint density at radius 1 is 1.10 bits per heavy atom. The first kappa shape index (κ1) is 28.9. The van der Waals surface area contributed by atoms with Crippen molar-refractivity contribution in [3.63, 3.8) is 0 Å². The van der Waals surface area contributed by atoms with Crippen LogP contribution in [-0.4, -0.2) is 38.7 Å². The number of amides is 1. The third-order valence-electron chi connectivity index (χ3n) is 8.34. The van der Waals surface area contributed by atoms with Crippen molar-refractivity contribution in [3.05, 3.63) is 48.0 Å². The van der Waals surface area contributed by atoms with E-state index in [2.05, 4.69) is 58.4 Å². The zero-order chi connectivity index (χ0) is 28.0. The van der Waals surface area contributed by atoms with Gasteiger partial charge in [-0.25, -0.2) is 4.98 Å². The van der Waals surface area contributed by atoms with Crippen molar-refractivity contribution < 1.29 is 9.59 Å². The molecule has 1 aliphatic heterocycles. The molecular weight excluding hydrogens is 486 g/mol. The number of aromatic nitrogens is 3. The fraction of sp³-hybridized carbons (Fsp3) is 0.562. The first-order valence-corrected chi connectivity index (χ1v) is 14.6. The molecule has 1 saturated carbocycles. The van der Waals surface area contributed by atoms with Crippen LogP contribution in [0.5, 0.6) is 0 Å². The summed E-state index contributed by atoms with van der Waals surface area (Å²) < 4.78 is 0. The van der Waals surface area contributed by atoms with E-state index in [9.17, 15) is 9.59 Å². The van der Waals surface area contributed by atoms with Crippen LogP contribution in [0.4, 0.5) is 0 Å². The minimum Gasteiger partial charge on any atom is -0.369 e. The Morgan fingerprint density at radius 2 is 1.90 bits per heavy atom. The van der Waals surface area contributed by atoms with Crippen molar-refractivity contribution in [2.75, 3.05) is 6.54 Å². The standard InChI is InChI=1S/C22H27N3O.C10H18N2O/c1-3-19(26)8-6-4-5-7-9-22-23-15-21(25-22)18-12-13-20-17(14-18)11-10-16(2)24-20;1-9(2)6-10(3-4-12-9)5-7(10)8(11)13/h10-15H,3-9H2,1-2H3,(H,23,25);7,12H,3-6H2,1-2H3,(H2,11,13). The lowest BCUT2D eigenvalue weighted by atomic mass is 9.80. The van der Waals surface area contributed by atoms with Crippen molar-refractivity contribution in [3.8, 4) is 11.3 Å². The third kappa shape index (κ3) is 7.75. The molecule has 4 N–H and O–H groups in total. The summed E-state index contributed by atoms with van der Waals surface area (Å²) in [6, 6.07) is 10.5. The number of aryl methyl sites for hydroxylation is 2. The molecule has 2 aromatic heterocycles. The summed E-state index contributed by atoms with van der Waals surface area (Å²) in [7, 11) is 0. The van der Waals surface area contributed by atoms with Crippen LogP contribution < -0.4 is 11.1 Å². The SMILES string of the molecule is CC1(C)CC2(CCN1)CC2C(N)=O.CCC(=O)CCCCCCc1ncc(-c2ccc3nc(C)ccc3c2)[nH]1. The lowest BCUT2D eigenvalue weighted by molar-refractivity contribution is -0.120. The molecule has 7 nitrogen and oxygen atoms in total. The van der Waals surface area contributed by atoms with Crippen LogP contribution in [0.2, 0.25) is 0 Å². The average molecular weight is 532 g/mol. The minimum atomic E-state index is -0.0994. The van der Waals surface area contributed by atoms with Crippen molar-refractivity contribution >= 4 is 22.6 Å². The van der Waals surface area contributed by atoms with Crippen molar-refractivity contribution in [1.82, 2.24) is 20.3 Å². The van der Waals surface area contributed by atoms with Gasteiger partial charge in [0.25, 0.3) is 0 Å². The molecule has 0 radical (unpaired) electrons. The van der Waals surface area contributed by atoms with E-state index in [1.54, 1.807) is 0 Å². The van der Waals surface area contributed by atoms with E-state index >= 15 is 0 Å². The second-order valence-electron chi connectivity index (χ2n) is 12.2. The van der Waals surface area contributed by atoms with Crippen LogP contribution >= 0.6 is 0 Å². The Kier molecular flexibility index (Phi) is 9.21. The van der Waals surface area contributed by atoms with Gasteiger partial charge in [0.1, 0.15) is 11.6 Å². The lowest BCUT2D eigenvalue weighted by Crippen LogP contribution is -2.47. The van der Waals surface area contributed by atoms with Gasteiger partial charge in [0.05, 0.1) is 17.4 Å². The van der Waals surface area contributed by atoms with Gasteiger partial charge in [0.15, 0.2) is 0 Å². The number of ketones is 1. The maximum Gasteiger partial charge on any atom is 0.221 e. The number of nitrogens with one attached hydrogen (secondary N) is 2. The maximum atomic E-state index is 11.3. The molecular formula is C32H45N5O2. The number of aromatic amines is 1. The van der Waals surface area contributed by atoms with Crippen LogP contribution in [0.25, 0.3) is 22.2 Å². The number of rotatable bonds is 10. The quantitative estimate of drug-likeness (QED) is 0.276. The molecule has 2 unspecified atom stereocenters. The number of nitrogens with two attached hydrogens (primary N) is 1. The predicted octanol–water partition coefficient (Wildman–Crippen LogP) is 6.05. The van der Waals surface area contributed by atoms with E-state index in [-0.39, 0.29) is 22.8 Å². The van der Waals surface area contributed by atoms with E-state index in [0.29, 0.717) is 12.2 Å². The monoisotopic (exact) mass is 531 g/mol. The van der Waals surface area contributed by atoms with Gasteiger partial charge in [-0.05, 0) is 83.0 Å². The fourth-order valence-electron chi connectivity index (χ4n) is 6.08. The third-order valence-corrected chi connectivity index (χ3v) is 8.34. The van der Waals surface area contributed by atoms with Crippen molar-refractivity contribution in [1.29, 1.82) is 0 Å². The van der Waals surface area contributed by atoms with Crippen molar-refractivity contribution in [2.45, 2.75) is 97.4 Å². The first-order valence-electron chi connectivity index (χ1n) is 14.6. The molecule has 3 aromatic rings. The average Bonchev–Trinajstić information content (AvgIpc) is 3.36. The molecule has 5 rings (SSSR count). The van der Waals surface area contributed by atoms with Gasteiger partial charge in [-0.2, -0.15) is 0 Å². The van der Waals surface area contributed by atoms with E-state index in [4.69, 9.17) is 5.73 Å². The van der Waals surface area contributed by atoms with Crippen LogP contribution in [0.3, 0.4) is 0 Å². The van der Waals surface area contributed by atoms with Crippen molar-refractivity contribution in [2.24, 2.45) is 17.1 Å². The van der Waals surface area contributed by atoms with E-state index < -0.39 is 0 Å². The van der Waals surface area contributed by atoms with Gasteiger partial charge in [-0.1, -0.05) is 31.9 Å². The summed E-state index contributed by atoms with van der Waals surface area (Å²) in [4.78, 5) is 34.8. The number of pyridine rings is 1. The summed E-state index contributed by atoms with van der Waals surface area (Å²) in [5.41, 5.74) is 10.0. The van der Waals surface area contributed by atoms with E-state index in [0.717, 1.165) is 98.0 Å². The van der Waals surface area contributed by atoms with Gasteiger partial charge in [0, 0.05) is 47.4 Å². The highest BCUT2D eigenvalue weighted by Crippen LogP contribution is 2.60. The number of nitrogens with zero attached hydrogens (tertiary/aromatic N) is 2. The number of hydrogen-bond acceptors (Lipinski definition) is 5. The molecule has 39 heavy (non-hydrogen) atoms. The first-order chi connectivity index (χ1) is 18.6. The second-order valence-corrected chi connectivity index (χ2v) is 12.2. The number of piperidine rings is 1. The number of H-pyrrole nitrogens is 1. The fourth-order valence-corrected chi connectivity index (χ4v) is 6.08. The minimum absolute atomic E-state index is 0.0994. The molecule has 210 valence electrons. The number of benzene rings is 1. The molecule has 7 heteroatoms. The second kappa shape index (κ2) is 12.4. The summed E-state index contributed by atoms with van der Waals surface area (Å²) in [5, 5.41) is 4.61. The number of primary amides is 1. The Labute approximate surface area is 232 Å². The van der Waals surface area contributed by atoms with Gasteiger partial charge >= 0.3 is 0 Å². The smallest absolute Gasteiger partial charge is 0.221 e. The normalized spacial score (nSPS) is 21.4. The summed E-state index contributed by atoms with van der Waals surface area (Å²) in [5.74, 6) is 1.47. The van der Waals surface area contributed by atoms with Gasteiger partial charge < -0.3 is 16.0 Å². The maximum absolute atomic E-state index is 11.3. The molecule has 1 aromatic carbocycles. The van der Waals surface area contributed by atoms with Gasteiger partial charge in [-0.3, -0.25) is 14.6 Å². The number of unbranched alkanes of at least 4 members (excludes halogenated alkanes) is 3. The molecule has 1 aliphatic carbocycles. The largest absolute Gasteiger partial charge is 0.369 e. The Bertz CT molecular complexity index is 1300. The molecule has 2 atom stereocenters. The molecule has 1 spiro atoms. The predicted molar refractivity (Wildman–Crippen MR) is 157 cm³/mol. The Balaban J connectivity index is 0.000000226. The van der Waals surface area contributed by atoms with Crippen LogP contribution in [0.15, 0.2) is 36.5 Å². The highest BCUT2D eigenvalue weighted by atomic mass is 16.1. The number of carbonyl (C=O) groups excluding carboxylic acids is 2. The highest BCUT2D eigenvalue weighted by molar-refractivity contribution is 5.84. The highest BCUT2D eigenvalue weighted by Gasteiger charge is 2.59. The number of hydrogen-bond donors (Lipinski definition) is 3. The Morgan fingerprint density at radius 3 is 2.62 bits per heavy atom. The number of fused-ring (bicyclic) bond motifs is 1. The number of carbonyl (C=O) groups is 2. The van der Waals surface area contributed by atoms with E-state index in [1.165, 1.54) is 0 Å². The molecule has 1 amide bonds. The molecule has 2 fully saturated rings. The van der Waals surface area contributed by atoms with Crippen LogP contribution in [-0.2, 0) is 16.0 Å². The Hall–Kier alpha value is -3.06. The molecule has 0 bridgehead atoms. The van der Waals surface area contributed by atoms with E-state index in [1.807, 2.05) is 26.1 Å². The summed E-state index contributed by atoms with van der Waals surface area (Å²) >= 11 is 0. The van der Waals surface area contributed by atoms with Crippen LogP contribution in [0.1, 0.15) is 90.1 Å².